The van der Waals surface area contributed by atoms with Gasteiger partial charge in [-0.25, -0.2) is 15.0 Å². The SMILES string of the molecule is c1ccc(-c2nc(-c3ccccc3)nc(-c3cccc(-n4c5ccccc5c5cc(-n6c7ccccc7c7ccccc76)ccc54)c3)n2)cc1. The molecule has 3 heterocycles. The molecule has 0 aliphatic rings. The molecular weight excluding hydrogens is 611 g/mol. The highest BCUT2D eigenvalue weighted by molar-refractivity contribution is 6.12. The van der Waals surface area contributed by atoms with Crippen LogP contribution < -0.4 is 0 Å². The van der Waals surface area contributed by atoms with Crippen LogP contribution in [0.4, 0.5) is 0 Å². The molecule has 0 radical (unpaired) electrons. The highest BCUT2D eigenvalue weighted by Gasteiger charge is 2.18. The third-order valence-corrected chi connectivity index (χ3v) is 9.56. The van der Waals surface area contributed by atoms with E-state index in [-0.39, 0.29) is 0 Å². The third kappa shape index (κ3) is 4.52. The van der Waals surface area contributed by atoms with Gasteiger partial charge in [0.1, 0.15) is 0 Å². The van der Waals surface area contributed by atoms with Gasteiger partial charge in [0.05, 0.1) is 22.1 Å². The van der Waals surface area contributed by atoms with Crippen LogP contribution in [0.3, 0.4) is 0 Å². The van der Waals surface area contributed by atoms with Gasteiger partial charge in [0.25, 0.3) is 0 Å². The molecule has 0 aliphatic carbocycles. The van der Waals surface area contributed by atoms with Crippen molar-refractivity contribution in [2.75, 3.05) is 0 Å². The quantitative estimate of drug-likeness (QED) is 0.188. The van der Waals surface area contributed by atoms with Crippen LogP contribution in [0, 0.1) is 0 Å². The fourth-order valence-corrected chi connectivity index (χ4v) is 7.30. The Hall–Kier alpha value is -6.85. The summed E-state index contributed by atoms with van der Waals surface area (Å²) >= 11 is 0. The van der Waals surface area contributed by atoms with Crippen molar-refractivity contribution in [2.45, 2.75) is 0 Å². The van der Waals surface area contributed by atoms with Crippen molar-refractivity contribution in [3.63, 3.8) is 0 Å². The van der Waals surface area contributed by atoms with Crippen molar-refractivity contribution in [3.8, 4) is 45.5 Å². The predicted octanol–water partition coefficient (Wildman–Crippen LogP) is 11.1. The Bertz CT molecular complexity index is 2760. The van der Waals surface area contributed by atoms with Gasteiger partial charge in [-0.1, -0.05) is 127 Å². The molecular formula is C45H29N5. The van der Waals surface area contributed by atoms with Crippen molar-refractivity contribution < 1.29 is 0 Å². The van der Waals surface area contributed by atoms with Gasteiger partial charge in [0.15, 0.2) is 17.5 Å². The molecule has 5 nitrogen and oxygen atoms in total. The summed E-state index contributed by atoms with van der Waals surface area (Å²) in [5.74, 6) is 1.93. The number of benzene rings is 7. The Morgan fingerprint density at radius 1 is 0.280 bits per heavy atom. The first-order valence-electron chi connectivity index (χ1n) is 16.8. The van der Waals surface area contributed by atoms with E-state index in [1.54, 1.807) is 0 Å². The molecule has 10 rings (SSSR count). The molecule has 50 heavy (non-hydrogen) atoms. The van der Waals surface area contributed by atoms with Crippen LogP contribution in [0.15, 0.2) is 176 Å². The standard InChI is InChI=1S/C45H29N5/c1-3-14-30(15-4-1)43-46-44(31-16-5-2-6-17-31)48-45(47-43)32-18-13-19-33(28-32)49-41-25-12-9-22-37(41)38-29-34(26-27-42(38)49)50-39-23-10-7-20-35(39)36-21-8-11-24-40(36)50/h1-29H. The third-order valence-electron chi connectivity index (χ3n) is 9.56. The molecule has 7 aromatic carbocycles. The molecule has 0 atom stereocenters. The van der Waals surface area contributed by atoms with Crippen LogP contribution in [0.2, 0.25) is 0 Å². The minimum atomic E-state index is 0.633. The van der Waals surface area contributed by atoms with Gasteiger partial charge in [-0.05, 0) is 48.5 Å². The average molecular weight is 640 g/mol. The zero-order chi connectivity index (χ0) is 33.0. The van der Waals surface area contributed by atoms with E-state index in [4.69, 9.17) is 15.0 Å². The van der Waals surface area contributed by atoms with Crippen molar-refractivity contribution in [1.29, 1.82) is 0 Å². The normalized spacial score (nSPS) is 11.6. The summed E-state index contributed by atoms with van der Waals surface area (Å²) in [7, 11) is 0. The van der Waals surface area contributed by atoms with Crippen LogP contribution >= 0.6 is 0 Å². The number of hydrogen-bond donors (Lipinski definition) is 0. The van der Waals surface area contributed by atoms with Gasteiger partial charge in [-0.3, -0.25) is 0 Å². The minimum Gasteiger partial charge on any atom is -0.309 e. The molecule has 0 spiro atoms. The smallest absolute Gasteiger partial charge is 0.164 e. The van der Waals surface area contributed by atoms with Crippen molar-refractivity contribution in [1.82, 2.24) is 24.1 Å². The summed E-state index contributed by atoms with van der Waals surface area (Å²) in [4.78, 5) is 14.9. The van der Waals surface area contributed by atoms with Crippen molar-refractivity contribution >= 4 is 43.6 Å². The summed E-state index contributed by atoms with van der Waals surface area (Å²) in [6, 6.07) is 61.5. The zero-order valence-electron chi connectivity index (χ0n) is 27.0. The Balaban J connectivity index is 1.16. The summed E-state index contributed by atoms with van der Waals surface area (Å²) in [5.41, 5.74) is 9.69. The lowest BCUT2D eigenvalue weighted by Crippen LogP contribution is -2.01. The Kier molecular flexibility index (Phi) is 6.42. The first kappa shape index (κ1) is 28.2. The van der Waals surface area contributed by atoms with Crippen LogP contribution in [0.5, 0.6) is 0 Å². The van der Waals surface area contributed by atoms with Gasteiger partial charge in [-0.2, -0.15) is 0 Å². The highest BCUT2D eigenvalue weighted by Crippen LogP contribution is 2.37. The Morgan fingerprint density at radius 2 is 0.680 bits per heavy atom. The van der Waals surface area contributed by atoms with E-state index >= 15 is 0 Å². The minimum absolute atomic E-state index is 0.633. The summed E-state index contributed by atoms with van der Waals surface area (Å²) in [5, 5.41) is 4.91. The maximum absolute atomic E-state index is 5.00. The number of aromatic nitrogens is 5. The molecule has 234 valence electrons. The van der Waals surface area contributed by atoms with Gasteiger partial charge in [0, 0.05) is 49.6 Å². The van der Waals surface area contributed by atoms with Crippen LogP contribution in [0.1, 0.15) is 0 Å². The largest absolute Gasteiger partial charge is 0.309 e. The topological polar surface area (TPSA) is 48.5 Å². The molecule has 0 bridgehead atoms. The van der Waals surface area contributed by atoms with E-state index in [9.17, 15) is 0 Å². The zero-order valence-corrected chi connectivity index (χ0v) is 27.0. The molecule has 0 saturated carbocycles. The molecule has 3 aromatic heterocycles. The number of hydrogen-bond acceptors (Lipinski definition) is 3. The lowest BCUT2D eigenvalue weighted by molar-refractivity contribution is 1.07. The van der Waals surface area contributed by atoms with E-state index < -0.39 is 0 Å². The van der Waals surface area contributed by atoms with E-state index in [0.717, 1.165) is 39.1 Å². The molecule has 0 fully saturated rings. The summed E-state index contributed by atoms with van der Waals surface area (Å²) in [6.45, 7) is 0. The molecule has 0 aliphatic heterocycles. The van der Waals surface area contributed by atoms with Crippen LogP contribution in [-0.2, 0) is 0 Å². The lowest BCUT2D eigenvalue weighted by Gasteiger charge is -2.12. The lowest BCUT2D eigenvalue weighted by atomic mass is 10.1. The molecule has 0 amide bonds. The van der Waals surface area contributed by atoms with Gasteiger partial charge < -0.3 is 9.13 Å². The van der Waals surface area contributed by atoms with Gasteiger partial charge >= 0.3 is 0 Å². The number of para-hydroxylation sites is 3. The van der Waals surface area contributed by atoms with Gasteiger partial charge in [0.2, 0.25) is 0 Å². The van der Waals surface area contributed by atoms with Gasteiger partial charge in [-0.15, -0.1) is 0 Å². The Labute approximate surface area is 288 Å². The fourth-order valence-electron chi connectivity index (χ4n) is 7.30. The number of rotatable bonds is 5. The van der Waals surface area contributed by atoms with Crippen molar-refractivity contribution in [2.24, 2.45) is 0 Å². The molecule has 10 aromatic rings. The monoisotopic (exact) mass is 639 g/mol. The first-order chi connectivity index (χ1) is 24.8. The second-order valence-corrected chi connectivity index (χ2v) is 12.5. The summed E-state index contributed by atoms with van der Waals surface area (Å²) in [6.07, 6.45) is 0. The maximum atomic E-state index is 5.00. The molecule has 0 N–H and O–H groups in total. The van der Waals surface area contributed by atoms with E-state index in [1.165, 1.54) is 32.6 Å². The Morgan fingerprint density at radius 3 is 1.22 bits per heavy atom. The molecule has 0 unspecified atom stereocenters. The average Bonchev–Trinajstić information content (AvgIpc) is 3.71. The second kappa shape index (κ2) is 11.4. The highest BCUT2D eigenvalue weighted by atomic mass is 15.0. The molecule has 0 saturated heterocycles. The van der Waals surface area contributed by atoms with E-state index in [1.807, 2.05) is 60.7 Å². The predicted molar refractivity (Wildman–Crippen MR) is 205 cm³/mol. The first-order valence-corrected chi connectivity index (χ1v) is 16.8. The molecule has 5 heteroatoms. The number of nitrogens with zero attached hydrogens (tertiary/aromatic N) is 5. The van der Waals surface area contributed by atoms with E-state index in [2.05, 4.69) is 124 Å². The maximum Gasteiger partial charge on any atom is 0.164 e. The van der Waals surface area contributed by atoms with E-state index in [0.29, 0.717) is 17.5 Å². The number of fused-ring (bicyclic) bond motifs is 6. The van der Waals surface area contributed by atoms with Crippen molar-refractivity contribution in [3.05, 3.63) is 176 Å². The fraction of sp³-hybridized carbons (Fsp3) is 0. The summed E-state index contributed by atoms with van der Waals surface area (Å²) < 4.78 is 4.73. The second-order valence-electron chi connectivity index (χ2n) is 12.5. The van der Waals surface area contributed by atoms with Crippen LogP contribution in [-0.4, -0.2) is 24.1 Å². The van der Waals surface area contributed by atoms with Crippen LogP contribution in [0.25, 0.3) is 89.2 Å².